The van der Waals surface area contributed by atoms with Gasteiger partial charge in [-0.3, -0.25) is 0 Å². The van der Waals surface area contributed by atoms with E-state index in [4.69, 9.17) is 9.47 Å². The monoisotopic (exact) mass is 231 g/mol. The summed E-state index contributed by atoms with van der Waals surface area (Å²) in [5.74, 6) is 0.192. The van der Waals surface area contributed by atoms with Gasteiger partial charge in [-0.2, -0.15) is 0 Å². The molecule has 16 heavy (non-hydrogen) atoms. The van der Waals surface area contributed by atoms with Crippen LogP contribution in [0.3, 0.4) is 0 Å². The SMILES string of the molecule is CC1CNCC(COCC(C)(O)C(C)C)O1. The van der Waals surface area contributed by atoms with Gasteiger partial charge < -0.3 is 19.9 Å². The van der Waals surface area contributed by atoms with Crippen LogP contribution in [0.4, 0.5) is 0 Å². The second-order valence-corrected chi connectivity index (χ2v) is 5.25. The number of morpholine rings is 1. The van der Waals surface area contributed by atoms with Crippen molar-refractivity contribution in [2.45, 2.75) is 45.5 Å². The van der Waals surface area contributed by atoms with Crippen molar-refractivity contribution in [1.82, 2.24) is 5.32 Å². The molecule has 1 rings (SSSR count). The van der Waals surface area contributed by atoms with Crippen LogP contribution in [0.25, 0.3) is 0 Å². The molecule has 3 unspecified atom stereocenters. The van der Waals surface area contributed by atoms with E-state index in [0.29, 0.717) is 13.2 Å². The van der Waals surface area contributed by atoms with Gasteiger partial charge in [0, 0.05) is 13.1 Å². The predicted octanol–water partition coefficient (Wildman–Crippen LogP) is 0.787. The van der Waals surface area contributed by atoms with Crippen LogP contribution in [-0.2, 0) is 9.47 Å². The summed E-state index contributed by atoms with van der Waals surface area (Å²) in [4.78, 5) is 0. The zero-order valence-corrected chi connectivity index (χ0v) is 10.8. The minimum absolute atomic E-state index is 0.103. The molecule has 0 aromatic heterocycles. The second-order valence-electron chi connectivity index (χ2n) is 5.25. The molecule has 4 nitrogen and oxygen atoms in total. The summed E-state index contributed by atoms with van der Waals surface area (Å²) in [6.07, 6.45) is 0.347. The van der Waals surface area contributed by atoms with Crippen LogP contribution in [0.15, 0.2) is 0 Å². The summed E-state index contributed by atoms with van der Waals surface area (Å²) in [7, 11) is 0. The van der Waals surface area contributed by atoms with Gasteiger partial charge in [0.15, 0.2) is 0 Å². The molecule has 1 aliphatic rings. The minimum Gasteiger partial charge on any atom is -0.388 e. The fourth-order valence-electron chi connectivity index (χ4n) is 1.53. The van der Waals surface area contributed by atoms with Gasteiger partial charge in [0.05, 0.1) is 31.0 Å². The van der Waals surface area contributed by atoms with Crippen LogP contribution in [0.1, 0.15) is 27.7 Å². The van der Waals surface area contributed by atoms with E-state index in [0.717, 1.165) is 13.1 Å². The zero-order chi connectivity index (χ0) is 12.2. The van der Waals surface area contributed by atoms with Crippen molar-refractivity contribution < 1.29 is 14.6 Å². The lowest BCUT2D eigenvalue weighted by molar-refractivity contribution is -0.107. The molecule has 4 heteroatoms. The molecular formula is C12H25NO3. The number of rotatable bonds is 5. The first kappa shape index (κ1) is 13.9. The molecule has 0 spiro atoms. The molecule has 0 saturated carbocycles. The van der Waals surface area contributed by atoms with Gasteiger partial charge in [0.25, 0.3) is 0 Å². The van der Waals surface area contributed by atoms with Crippen LogP contribution in [0.2, 0.25) is 0 Å². The number of aliphatic hydroxyl groups is 1. The number of hydrogen-bond donors (Lipinski definition) is 2. The Morgan fingerprint density at radius 1 is 1.50 bits per heavy atom. The Morgan fingerprint density at radius 2 is 2.19 bits per heavy atom. The van der Waals surface area contributed by atoms with Crippen molar-refractivity contribution in [3.63, 3.8) is 0 Å². The van der Waals surface area contributed by atoms with Gasteiger partial charge in [-0.25, -0.2) is 0 Å². The highest BCUT2D eigenvalue weighted by molar-refractivity contribution is 4.77. The zero-order valence-electron chi connectivity index (χ0n) is 10.8. The summed E-state index contributed by atoms with van der Waals surface area (Å²) in [5.41, 5.74) is -0.756. The van der Waals surface area contributed by atoms with Crippen molar-refractivity contribution in [2.75, 3.05) is 26.3 Å². The Labute approximate surface area is 98.3 Å². The van der Waals surface area contributed by atoms with E-state index in [-0.39, 0.29) is 18.1 Å². The Balaban J connectivity index is 2.20. The van der Waals surface area contributed by atoms with E-state index in [1.165, 1.54) is 0 Å². The molecule has 1 heterocycles. The number of nitrogens with one attached hydrogen (secondary N) is 1. The molecule has 0 aromatic rings. The Kier molecular flexibility index (Phi) is 5.18. The van der Waals surface area contributed by atoms with E-state index in [2.05, 4.69) is 5.32 Å². The summed E-state index contributed by atoms with van der Waals surface area (Å²) in [5, 5.41) is 13.3. The maximum absolute atomic E-state index is 9.99. The van der Waals surface area contributed by atoms with Crippen molar-refractivity contribution in [3.05, 3.63) is 0 Å². The summed E-state index contributed by atoms with van der Waals surface area (Å²) in [6.45, 7) is 10.5. The highest BCUT2D eigenvalue weighted by atomic mass is 16.5. The van der Waals surface area contributed by atoms with Crippen LogP contribution in [0.5, 0.6) is 0 Å². The normalized spacial score (nSPS) is 30.4. The fraction of sp³-hybridized carbons (Fsp3) is 1.00. The van der Waals surface area contributed by atoms with E-state index in [1.54, 1.807) is 6.92 Å². The quantitative estimate of drug-likeness (QED) is 0.734. The standard InChI is InChI=1S/C12H25NO3/c1-9(2)12(4,14)8-15-7-11-6-13-5-10(3)16-11/h9-11,13-14H,5-8H2,1-4H3. The first-order valence-corrected chi connectivity index (χ1v) is 6.08. The third kappa shape index (κ3) is 4.37. The fourth-order valence-corrected chi connectivity index (χ4v) is 1.53. The van der Waals surface area contributed by atoms with Crippen molar-refractivity contribution in [1.29, 1.82) is 0 Å². The third-order valence-corrected chi connectivity index (χ3v) is 3.17. The molecule has 0 aliphatic carbocycles. The van der Waals surface area contributed by atoms with E-state index < -0.39 is 5.60 Å². The maximum Gasteiger partial charge on any atom is 0.0936 e. The molecule has 3 atom stereocenters. The Morgan fingerprint density at radius 3 is 2.75 bits per heavy atom. The molecule has 96 valence electrons. The van der Waals surface area contributed by atoms with Gasteiger partial charge in [0.2, 0.25) is 0 Å². The molecule has 0 radical (unpaired) electrons. The summed E-state index contributed by atoms with van der Waals surface area (Å²) < 4.78 is 11.2. The van der Waals surface area contributed by atoms with Crippen molar-refractivity contribution >= 4 is 0 Å². The average Bonchev–Trinajstić information content (AvgIpc) is 2.17. The lowest BCUT2D eigenvalue weighted by atomic mass is 9.94. The lowest BCUT2D eigenvalue weighted by Gasteiger charge is -2.31. The molecular weight excluding hydrogens is 206 g/mol. The highest BCUT2D eigenvalue weighted by Crippen LogP contribution is 2.16. The van der Waals surface area contributed by atoms with Crippen LogP contribution >= 0.6 is 0 Å². The topological polar surface area (TPSA) is 50.7 Å². The maximum atomic E-state index is 9.99. The molecule has 0 bridgehead atoms. The van der Waals surface area contributed by atoms with Gasteiger partial charge in [-0.15, -0.1) is 0 Å². The van der Waals surface area contributed by atoms with Crippen LogP contribution in [-0.4, -0.2) is 49.2 Å². The Hall–Kier alpha value is -0.160. The lowest BCUT2D eigenvalue weighted by Crippen LogP contribution is -2.46. The Bertz CT molecular complexity index is 206. The van der Waals surface area contributed by atoms with E-state index in [1.807, 2.05) is 20.8 Å². The van der Waals surface area contributed by atoms with E-state index in [9.17, 15) is 5.11 Å². The summed E-state index contributed by atoms with van der Waals surface area (Å²) >= 11 is 0. The van der Waals surface area contributed by atoms with Gasteiger partial charge >= 0.3 is 0 Å². The number of ether oxygens (including phenoxy) is 2. The number of hydrogen-bond acceptors (Lipinski definition) is 4. The molecule has 0 amide bonds. The van der Waals surface area contributed by atoms with E-state index >= 15 is 0 Å². The molecule has 0 aromatic carbocycles. The third-order valence-electron chi connectivity index (χ3n) is 3.17. The summed E-state index contributed by atoms with van der Waals surface area (Å²) in [6, 6.07) is 0. The highest BCUT2D eigenvalue weighted by Gasteiger charge is 2.26. The molecule has 1 saturated heterocycles. The van der Waals surface area contributed by atoms with Crippen molar-refractivity contribution in [3.8, 4) is 0 Å². The largest absolute Gasteiger partial charge is 0.388 e. The minimum atomic E-state index is -0.756. The first-order chi connectivity index (χ1) is 7.42. The first-order valence-electron chi connectivity index (χ1n) is 6.08. The predicted molar refractivity (Wildman–Crippen MR) is 63.5 cm³/mol. The molecule has 1 aliphatic heterocycles. The van der Waals surface area contributed by atoms with Gasteiger partial charge in [-0.1, -0.05) is 13.8 Å². The second kappa shape index (κ2) is 5.96. The molecule has 2 N–H and O–H groups in total. The van der Waals surface area contributed by atoms with Gasteiger partial charge in [-0.05, 0) is 19.8 Å². The smallest absolute Gasteiger partial charge is 0.0936 e. The average molecular weight is 231 g/mol. The van der Waals surface area contributed by atoms with Gasteiger partial charge in [0.1, 0.15) is 0 Å². The van der Waals surface area contributed by atoms with Crippen LogP contribution in [0, 0.1) is 5.92 Å². The van der Waals surface area contributed by atoms with Crippen molar-refractivity contribution in [2.24, 2.45) is 5.92 Å². The van der Waals surface area contributed by atoms with Crippen LogP contribution < -0.4 is 5.32 Å². The molecule has 1 fully saturated rings.